The van der Waals surface area contributed by atoms with Crippen LogP contribution in [0.5, 0.6) is 0 Å². The smallest absolute Gasteiger partial charge is 0.0798 e. The van der Waals surface area contributed by atoms with Gasteiger partial charge in [-0.3, -0.25) is 0 Å². The first-order valence-corrected chi connectivity index (χ1v) is 8.31. The number of thiazole rings is 1. The number of hydrogen-bond donors (Lipinski definition) is 1. The van der Waals surface area contributed by atoms with Crippen molar-refractivity contribution in [3.05, 3.63) is 16.1 Å². The fourth-order valence-corrected chi connectivity index (χ4v) is 4.18. The van der Waals surface area contributed by atoms with E-state index < -0.39 is 0 Å². The summed E-state index contributed by atoms with van der Waals surface area (Å²) in [5, 5.41) is 3.50. The van der Waals surface area contributed by atoms with Gasteiger partial charge in [0.15, 0.2) is 0 Å². The molecule has 2 heterocycles. The number of nitrogens with one attached hydrogen (secondary N) is 1. The summed E-state index contributed by atoms with van der Waals surface area (Å²) in [5.41, 5.74) is 3.70. The van der Waals surface area contributed by atoms with E-state index in [1.165, 1.54) is 55.9 Å². The molecule has 0 amide bonds. The second-order valence-corrected chi connectivity index (χ2v) is 6.97. The van der Waals surface area contributed by atoms with E-state index in [1.54, 1.807) is 11.3 Å². The Kier molecular flexibility index (Phi) is 5.37. The van der Waals surface area contributed by atoms with Crippen LogP contribution in [0.2, 0.25) is 0 Å². The minimum absolute atomic E-state index is 0.535. The fourth-order valence-electron chi connectivity index (χ4n) is 3.33. The van der Waals surface area contributed by atoms with Gasteiger partial charge in [-0.15, -0.1) is 11.3 Å². The summed E-state index contributed by atoms with van der Waals surface area (Å²) >= 11 is 1.79. The highest BCUT2D eigenvalue weighted by molar-refractivity contribution is 7.09. The van der Waals surface area contributed by atoms with E-state index in [1.807, 2.05) is 5.51 Å². The minimum Gasteiger partial charge on any atom is -0.317 e. The lowest BCUT2D eigenvalue weighted by atomic mass is 9.75. The zero-order valence-corrected chi connectivity index (χ0v) is 13.4. The second-order valence-electron chi connectivity index (χ2n) is 6.03. The lowest BCUT2D eigenvalue weighted by Crippen LogP contribution is -2.43. The summed E-state index contributed by atoms with van der Waals surface area (Å²) in [6.45, 7) is 9.08. The monoisotopic (exact) mass is 281 g/mol. The summed E-state index contributed by atoms with van der Waals surface area (Å²) in [6.07, 6.45) is 5.31. The Morgan fingerprint density at radius 2 is 2.16 bits per heavy atom. The molecule has 0 aliphatic carbocycles. The van der Waals surface area contributed by atoms with Gasteiger partial charge in [-0.05, 0) is 51.7 Å². The Morgan fingerprint density at radius 3 is 2.74 bits per heavy atom. The third kappa shape index (κ3) is 4.01. The first kappa shape index (κ1) is 14.9. The average Bonchev–Trinajstić information content (AvgIpc) is 2.76. The second kappa shape index (κ2) is 6.82. The van der Waals surface area contributed by atoms with Crippen molar-refractivity contribution in [1.82, 2.24) is 15.2 Å². The van der Waals surface area contributed by atoms with Gasteiger partial charge < -0.3 is 10.2 Å². The van der Waals surface area contributed by atoms with E-state index in [0.29, 0.717) is 5.41 Å². The maximum absolute atomic E-state index is 4.35. The highest BCUT2D eigenvalue weighted by atomic mass is 32.1. The molecule has 1 fully saturated rings. The van der Waals surface area contributed by atoms with Crippen LogP contribution >= 0.6 is 11.3 Å². The summed E-state index contributed by atoms with van der Waals surface area (Å²) in [7, 11) is 2.26. The van der Waals surface area contributed by atoms with Crippen LogP contribution in [0, 0.1) is 12.3 Å². The van der Waals surface area contributed by atoms with Crippen molar-refractivity contribution >= 4 is 11.3 Å². The molecule has 0 radical (unpaired) electrons. The highest BCUT2D eigenvalue weighted by Gasteiger charge is 2.32. The normalized spacial score (nSPS) is 18.9. The molecule has 108 valence electrons. The number of piperidine rings is 1. The third-order valence-corrected chi connectivity index (χ3v) is 5.23. The predicted molar refractivity (Wildman–Crippen MR) is 82.6 cm³/mol. The number of aryl methyl sites for hydroxylation is 1. The lowest BCUT2D eigenvalue weighted by molar-refractivity contribution is 0.113. The molecule has 1 N–H and O–H groups in total. The van der Waals surface area contributed by atoms with Gasteiger partial charge in [0, 0.05) is 18.0 Å². The van der Waals surface area contributed by atoms with Gasteiger partial charge in [0.25, 0.3) is 0 Å². The maximum Gasteiger partial charge on any atom is 0.0798 e. The molecule has 1 aliphatic rings. The van der Waals surface area contributed by atoms with Crippen molar-refractivity contribution in [3.8, 4) is 0 Å². The van der Waals surface area contributed by atoms with E-state index in [4.69, 9.17) is 0 Å². The minimum atomic E-state index is 0.535. The van der Waals surface area contributed by atoms with Crippen LogP contribution in [-0.4, -0.2) is 36.6 Å². The molecule has 1 saturated heterocycles. The van der Waals surface area contributed by atoms with E-state index in [0.717, 1.165) is 6.54 Å². The molecule has 0 bridgehead atoms. The number of nitrogens with zero attached hydrogens (tertiary/aromatic N) is 2. The summed E-state index contributed by atoms with van der Waals surface area (Å²) in [5.74, 6) is 0. The van der Waals surface area contributed by atoms with Crippen LogP contribution in [0.25, 0.3) is 0 Å². The Morgan fingerprint density at radius 1 is 1.42 bits per heavy atom. The number of aromatic nitrogens is 1. The van der Waals surface area contributed by atoms with Gasteiger partial charge in [0.1, 0.15) is 0 Å². The molecule has 0 spiro atoms. The Bertz CT molecular complexity index is 377. The molecule has 2 rings (SSSR count). The largest absolute Gasteiger partial charge is 0.317 e. The number of rotatable bonds is 6. The summed E-state index contributed by atoms with van der Waals surface area (Å²) in [4.78, 5) is 8.27. The molecule has 1 aromatic heterocycles. The molecule has 1 aromatic rings. The van der Waals surface area contributed by atoms with Crippen LogP contribution in [0.15, 0.2) is 5.51 Å². The van der Waals surface area contributed by atoms with Crippen molar-refractivity contribution < 1.29 is 0 Å². The van der Waals surface area contributed by atoms with E-state index in [9.17, 15) is 0 Å². The molecular weight excluding hydrogens is 254 g/mol. The SMILES string of the molecule is CCCC1(CN(C)Cc2scnc2C)CCNCC1. The standard InChI is InChI=1S/C15H27N3S/c1-4-5-15(6-8-16-9-7-15)11-18(3)10-14-13(2)17-12-19-14/h12,16H,4-11H2,1-3H3. The van der Waals surface area contributed by atoms with Gasteiger partial charge >= 0.3 is 0 Å². The van der Waals surface area contributed by atoms with Crippen molar-refractivity contribution in [3.63, 3.8) is 0 Å². The fraction of sp³-hybridized carbons (Fsp3) is 0.800. The molecular formula is C15H27N3S. The molecule has 0 aromatic carbocycles. The topological polar surface area (TPSA) is 28.2 Å². The van der Waals surface area contributed by atoms with Crippen LogP contribution in [0.1, 0.15) is 43.2 Å². The van der Waals surface area contributed by atoms with E-state index in [-0.39, 0.29) is 0 Å². The van der Waals surface area contributed by atoms with E-state index >= 15 is 0 Å². The summed E-state index contributed by atoms with van der Waals surface area (Å²) in [6, 6.07) is 0. The Labute approximate surface area is 121 Å². The first-order chi connectivity index (χ1) is 9.15. The van der Waals surface area contributed by atoms with Crippen LogP contribution < -0.4 is 5.32 Å². The lowest BCUT2D eigenvalue weighted by Gasteiger charge is -2.40. The number of hydrogen-bond acceptors (Lipinski definition) is 4. The predicted octanol–water partition coefficient (Wildman–Crippen LogP) is 3.05. The molecule has 0 atom stereocenters. The van der Waals surface area contributed by atoms with Crippen LogP contribution in [-0.2, 0) is 6.54 Å². The Balaban J connectivity index is 1.94. The van der Waals surface area contributed by atoms with Gasteiger partial charge in [-0.25, -0.2) is 4.98 Å². The molecule has 3 nitrogen and oxygen atoms in total. The molecule has 0 unspecified atom stereocenters. The third-order valence-electron chi connectivity index (χ3n) is 4.31. The highest BCUT2D eigenvalue weighted by Crippen LogP contribution is 2.35. The van der Waals surface area contributed by atoms with Crippen molar-refractivity contribution in [2.45, 2.75) is 46.1 Å². The van der Waals surface area contributed by atoms with Crippen molar-refractivity contribution in [2.75, 3.05) is 26.7 Å². The average molecular weight is 281 g/mol. The zero-order chi connectivity index (χ0) is 13.7. The quantitative estimate of drug-likeness (QED) is 0.868. The summed E-state index contributed by atoms with van der Waals surface area (Å²) < 4.78 is 0. The van der Waals surface area contributed by atoms with Gasteiger partial charge in [0.05, 0.1) is 11.2 Å². The molecule has 4 heteroatoms. The maximum atomic E-state index is 4.35. The molecule has 19 heavy (non-hydrogen) atoms. The van der Waals surface area contributed by atoms with Gasteiger partial charge in [-0.2, -0.15) is 0 Å². The molecule has 1 aliphatic heterocycles. The first-order valence-electron chi connectivity index (χ1n) is 7.43. The van der Waals surface area contributed by atoms with Crippen molar-refractivity contribution in [2.24, 2.45) is 5.41 Å². The van der Waals surface area contributed by atoms with Gasteiger partial charge in [0.2, 0.25) is 0 Å². The van der Waals surface area contributed by atoms with Crippen LogP contribution in [0.4, 0.5) is 0 Å². The Hall–Kier alpha value is -0.450. The van der Waals surface area contributed by atoms with E-state index in [2.05, 4.69) is 36.1 Å². The van der Waals surface area contributed by atoms with Gasteiger partial charge in [-0.1, -0.05) is 13.3 Å². The van der Waals surface area contributed by atoms with Crippen LogP contribution in [0.3, 0.4) is 0 Å². The molecule has 0 saturated carbocycles. The zero-order valence-electron chi connectivity index (χ0n) is 12.5. The van der Waals surface area contributed by atoms with Crippen molar-refractivity contribution in [1.29, 1.82) is 0 Å².